The average molecular weight is 396 g/mol. The van der Waals surface area contributed by atoms with Crippen molar-refractivity contribution in [3.63, 3.8) is 0 Å². The van der Waals surface area contributed by atoms with Crippen LogP contribution in [0.4, 0.5) is 0 Å². The van der Waals surface area contributed by atoms with Gasteiger partial charge in [-0.05, 0) is 43.2 Å². The number of carbonyl (C=O) groups excluding carboxylic acids is 1. The molecule has 1 amide bonds. The summed E-state index contributed by atoms with van der Waals surface area (Å²) in [6.45, 7) is 3.92. The summed E-state index contributed by atoms with van der Waals surface area (Å²) >= 11 is 5.97. The first-order chi connectivity index (χ1) is 13.6. The first-order valence-corrected chi connectivity index (χ1v) is 9.76. The number of piperazine rings is 1. The normalized spacial score (nSPS) is 17.5. The summed E-state index contributed by atoms with van der Waals surface area (Å²) in [7, 11) is 0. The molecule has 6 heteroatoms. The number of benzene rings is 2. The van der Waals surface area contributed by atoms with Crippen molar-refractivity contribution in [1.29, 1.82) is 0 Å². The summed E-state index contributed by atoms with van der Waals surface area (Å²) < 4.78 is 5.88. The Bertz CT molecular complexity index is 954. The van der Waals surface area contributed by atoms with E-state index in [-0.39, 0.29) is 11.9 Å². The molecule has 0 radical (unpaired) electrons. The van der Waals surface area contributed by atoms with Gasteiger partial charge in [0.25, 0.3) is 0 Å². The van der Waals surface area contributed by atoms with E-state index in [1.807, 2.05) is 49.4 Å². The van der Waals surface area contributed by atoms with Crippen molar-refractivity contribution in [2.45, 2.75) is 25.9 Å². The molecule has 0 saturated carbocycles. The van der Waals surface area contributed by atoms with Crippen molar-refractivity contribution in [2.24, 2.45) is 0 Å². The van der Waals surface area contributed by atoms with Crippen LogP contribution in [-0.4, -0.2) is 34.9 Å². The Labute approximate surface area is 169 Å². The maximum Gasteiger partial charge on any atom is 0.237 e. The number of oxazole rings is 1. The van der Waals surface area contributed by atoms with Gasteiger partial charge in [-0.1, -0.05) is 41.9 Å². The highest BCUT2D eigenvalue weighted by Crippen LogP contribution is 2.25. The molecule has 1 atom stereocenters. The van der Waals surface area contributed by atoms with E-state index in [0.29, 0.717) is 30.4 Å². The molecule has 1 aliphatic heterocycles. The first kappa shape index (κ1) is 18.7. The Balaban J connectivity index is 1.54. The van der Waals surface area contributed by atoms with Gasteiger partial charge in [0.15, 0.2) is 0 Å². The topological polar surface area (TPSA) is 58.4 Å². The van der Waals surface area contributed by atoms with E-state index < -0.39 is 0 Å². The predicted octanol–water partition coefficient (Wildman–Crippen LogP) is 3.85. The Kier molecular flexibility index (Phi) is 5.46. The van der Waals surface area contributed by atoms with Gasteiger partial charge in [-0.2, -0.15) is 0 Å². The quantitative estimate of drug-likeness (QED) is 0.713. The molecule has 1 saturated heterocycles. The monoisotopic (exact) mass is 395 g/mol. The third kappa shape index (κ3) is 4.11. The maximum absolute atomic E-state index is 12.5. The van der Waals surface area contributed by atoms with Gasteiger partial charge < -0.3 is 9.73 Å². The largest absolute Gasteiger partial charge is 0.441 e. The van der Waals surface area contributed by atoms with Crippen LogP contribution < -0.4 is 5.32 Å². The van der Waals surface area contributed by atoms with Crippen LogP contribution in [0.5, 0.6) is 0 Å². The highest BCUT2D eigenvalue weighted by molar-refractivity contribution is 6.30. The third-order valence-electron chi connectivity index (χ3n) is 5.05. The van der Waals surface area contributed by atoms with Gasteiger partial charge >= 0.3 is 0 Å². The molecule has 1 aromatic heterocycles. The Morgan fingerprint density at radius 1 is 1.18 bits per heavy atom. The summed E-state index contributed by atoms with van der Waals surface area (Å²) in [5.74, 6) is 1.41. The van der Waals surface area contributed by atoms with Crippen LogP contribution in [0.3, 0.4) is 0 Å². The van der Waals surface area contributed by atoms with Crippen LogP contribution in [0.2, 0.25) is 5.02 Å². The van der Waals surface area contributed by atoms with Gasteiger partial charge in [0, 0.05) is 30.2 Å². The number of rotatable bonds is 5. The summed E-state index contributed by atoms with van der Waals surface area (Å²) in [5.41, 5.74) is 2.89. The maximum atomic E-state index is 12.5. The van der Waals surface area contributed by atoms with E-state index in [4.69, 9.17) is 16.0 Å². The minimum atomic E-state index is -0.216. The average Bonchev–Trinajstić information content (AvgIpc) is 3.06. The lowest BCUT2D eigenvalue weighted by molar-refractivity contribution is -0.129. The standard InChI is InChI=1S/C22H22ClN3O2/c1-15-19(25-22(28-15)17-7-9-18(23)10-8-17)14-26-12-11-24-21(27)20(26)13-16-5-3-2-4-6-16/h2-10,20H,11-14H2,1H3,(H,24,27). The number of nitrogens with zero attached hydrogens (tertiary/aromatic N) is 2. The Morgan fingerprint density at radius 2 is 1.93 bits per heavy atom. The Morgan fingerprint density at radius 3 is 2.68 bits per heavy atom. The summed E-state index contributed by atoms with van der Waals surface area (Å²) in [6.07, 6.45) is 0.674. The zero-order valence-corrected chi connectivity index (χ0v) is 16.4. The molecule has 0 spiro atoms. The molecular weight excluding hydrogens is 374 g/mol. The van der Waals surface area contributed by atoms with Gasteiger partial charge in [0.2, 0.25) is 11.8 Å². The fourth-order valence-corrected chi connectivity index (χ4v) is 3.62. The second kappa shape index (κ2) is 8.17. The molecule has 1 fully saturated rings. The number of amides is 1. The number of carbonyl (C=O) groups is 1. The summed E-state index contributed by atoms with van der Waals surface area (Å²) in [6, 6.07) is 17.3. The van der Waals surface area contributed by atoms with Crippen molar-refractivity contribution >= 4 is 17.5 Å². The van der Waals surface area contributed by atoms with E-state index in [1.54, 1.807) is 0 Å². The van der Waals surface area contributed by atoms with E-state index in [0.717, 1.165) is 29.1 Å². The molecule has 0 bridgehead atoms. The van der Waals surface area contributed by atoms with Crippen LogP contribution >= 0.6 is 11.6 Å². The van der Waals surface area contributed by atoms with Gasteiger partial charge in [-0.3, -0.25) is 9.69 Å². The lowest BCUT2D eigenvalue weighted by atomic mass is 10.0. The van der Waals surface area contributed by atoms with E-state index in [1.165, 1.54) is 0 Å². The lowest BCUT2D eigenvalue weighted by Crippen LogP contribution is -2.55. The van der Waals surface area contributed by atoms with Crippen molar-refractivity contribution in [2.75, 3.05) is 13.1 Å². The molecule has 3 aromatic rings. The fourth-order valence-electron chi connectivity index (χ4n) is 3.49. The molecule has 1 N–H and O–H groups in total. The van der Waals surface area contributed by atoms with Crippen molar-refractivity contribution in [3.05, 3.63) is 76.6 Å². The fraction of sp³-hybridized carbons (Fsp3) is 0.273. The van der Waals surface area contributed by atoms with Crippen LogP contribution in [0.15, 0.2) is 59.0 Å². The highest BCUT2D eigenvalue weighted by atomic mass is 35.5. The van der Waals surface area contributed by atoms with E-state index in [2.05, 4.69) is 27.3 Å². The molecule has 4 rings (SSSR count). The van der Waals surface area contributed by atoms with E-state index in [9.17, 15) is 4.79 Å². The summed E-state index contributed by atoms with van der Waals surface area (Å²) in [4.78, 5) is 19.4. The second-order valence-electron chi connectivity index (χ2n) is 7.00. The molecule has 28 heavy (non-hydrogen) atoms. The van der Waals surface area contributed by atoms with Gasteiger partial charge in [0.1, 0.15) is 5.76 Å². The number of nitrogens with one attached hydrogen (secondary N) is 1. The number of hydrogen-bond donors (Lipinski definition) is 1. The zero-order valence-electron chi connectivity index (χ0n) is 15.7. The molecule has 2 aromatic carbocycles. The molecule has 1 aliphatic rings. The number of aryl methyl sites for hydroxylation is 1. The van der Waals surface area contributed by atoms with Gasteiger partial charge in [-0.15, -0.1) is 0 Å². The second-order valence-corrected chi connectivity index (χ2v) is 7.43. The van der Waals surface area contributed by atoms with E-state index >= 15 is 0 Å². The third-order valence-corrected chi connectivity index (χ3v) is 5.30. The highest BCUT2D eigenvalue weighted by Gasteiger charge is 2.31. The number of aromatic nitrogens is 1. The molecule has 1 unspecified atom stereocenters. The molecule has 144 valence electrons. The van der Waals surface area contributed by atoms with Crippen molar-refractivity contribution in [3.8, 4) is 11.5 Å². The van der Waals surface area contributed by atoms with Crippen molar-refractivity contribution in [1.82, 2.24) is 15.2 Å². The lowest BCUT2D eigenvalue weighted by Gasteiger charge is -2.34. The van der Waals surface area contributed by atoms with Gasteiger partial charge in [0.05, 0.1) is 11.7 Å². The molecular formula is C22H22ClN3O2. The molecule has 0 aliphatic carbocycles. The molecule has 5 nitrogen and oxygen atoms in total. The number of halogens is 1. The van der Waals surface area contributed by atoms with Gasteiger partial charge in [-0.25, -0.2) is 4.98 Å². The first-order valence-electron chi connectivity index (χ1n) is 9.38. The molecule has 2 heterocycles. The van der Waals surface area contributed by atoms with Crippen molar-refractivity contribution < 1.29 is 9.21 Å². The predicted molar refractivity (Wildman–Crippen MR) is 109 cm³/mol. The van der Waals surface area contributed by atoms with Crippen LogP contribution in [0.1, 0.15) is 17.0 Å². The minimum absolute atomic E-state index is 0.0641. The van der Waals surface area contributed by atoms with Crippen LogP contribution in [0, 0.1) is 6.92 Å². The zero-order chi connectivity index (χ0) is 19.5. The van der Waals surface area contributed by atoms with Crippen LogP contribution in [0.25, 0.3) is 11.5 Å². The summed E-state index contributed by atoms with van der Waals surface area (Å²) in [5, 5.41) is 3.66. The smallest absolute Gasteiger partial charge is 0.237 e. The SMILES string of the molecule is Cc1oc(-c2ccc(Cl)cc2)nc1CN1CCNC(=O)C1Cc1ccccc1. The van der Waals surface area contributed by atoms with Crippen LogP contribution in [-0.2, 0) is 17.8 Å². The number of hydrogen-bond acceptors (Lipinski definition) is 4. The minimum Gasteiger partial charge on any atom is -0.441 e. The Hall–Kier alpha value is -2.63.